The minimum Gasteiger partial charge on any atom is -0.321 e. The quantitative estimate of drug-likeness (QED) is 0.421. The molecule has 0 aliphatic carbocycles. The molecule has 37 heavy (non-hydrogen) atoms. The zero-order valence-corrected chi connectivity index (χ0v) is 21.7. The summed E-state index contributed by atoms with van der Waals surface area (Å²) in [6.45, 7) is 11.3. The van der Waals surface area contributed by atoms with E-state index in [1.165, 1.54) is 19.0 Å². The number of hydrogen-bond donors (Lipinski definition) is 2. The predicted molar refractivity (Wildman–Crippen MR) is 141 cm³/mol. The van der Waals surface area contributed by atoms with Crippen molar-refractivity contribution >= 4 is 22.9 Å². The molecule has 10 heteroatoms. The van der Waals surface area contributed by atoms with Gasteiger partial charge in [-0.2, -0.15) is 0 Å². The number of pyridine rings is 2. The smallest absolute Gasteiger partial charge is 0.229 e. The lowest BCUT2D eigenvalue weighted by Gasteiger charge is -2.32. The summed E-state index contributed by atoms with van der Waals surface area (Å²) in [6, 6.07) is 7.10. The predicted octanol–water partition coefficient (Wildman–Crippen LogP) is 4.17. The lowest BCUT2D eigenvalue weighted by Crippen LogP contribution is -2.50. The number of nitrogens with one attached hydrogen (secondary N) is 2. The van der Waals surface area contributed by atoms with Crippen LogP contribution in [0.25, 0.3) is 22.4 Å². The molecule has 2 bridgehead atoms. The summed E-state index contributed by atoms with van der Waals surface area (Å²) < 4.78 is 16.9. The molecule has 4 aromatic heterocycles. The zero-order valence-electron chi connectivity index (χ0n) is 21.7. The molecule has 6 rings (SSSR count). The van der Waals surface area contributed by atoms with E-state index in [0.717, 1.165) is 36.5 Å². The summed E-state index contributed by atoms with van der Waals surface area (Å²) in [5.74, 6) is 1.22. The van der Waals surface area contributed by atoms with Gasteiger partial charge < -0.3 is 15.2 Å². The second kappa shape index (κ2) is 9.11. The fourth-order valence-corrected chi connectivity index (χ4v) is 5.66. The Balaban J connectivity index is 1.21. The first kappa shape index (κ1) is 23.9. The van der Waals surface area contributed by atoms with Gasteiger partial charge in [0.05, 0.1) is 11.7 Å². The maximum absolute atomic E-state index is 14.8. The molecule has 6 heterocycles. The fourth-order valence-electron chi connectivity index (χ4n) is 5.66. The third kappa shape index (κ3) is 4.78. The summed E-state index contributed by atoms with van der Waals surface area (Å²) in [5, 5.41) is 6.78. The molecule has 4 aromatic rings. The zero-order chi connectivity index (χ0) is 25.7. The number of anilines is 2. The molecule has 0 radical (unpaired) electrons. The number of halogens is 1. The molecule has 0 saturated carbocycles. The molecule has 2 atom stereocenters. The molecule has 2 unspecified atom stereocenters. The molecule has 2 aliphatic heterocycles. The highest BCUT2D eigenvalue weighted by molar-refractivity contribution is 5.78. The first-order chi connectivity index (χ1) is 17.7. The first-order valence-corrected chi connectivity index (χ1v) is 12.8. The van der Waals surface area contributed by atoms with Crippen molar-refractivity contribution in [3.05, 3.63) is 54.0 Å². The Morgan fingerprint density at radius 1 is 1.03 bits per heavy atom. The first-order valence-electron chi connectivity index (χ1n) is 12.8. The highest BCUT2D eigenvalue weighted by Gasteiger charge is 2.31. The molecule has 9 nitrogen and oxygen atoms in total. The minimum atomic E-state index is -0.515. The maximum Gasteiger partial charge on any atom is 0.229 e. The van der Waals surface area contributed by atoms with Gasteiger partial charge in [-0.25, -0.2) is 29.3 Å². The maximum atomic E-state index is 14.8. The third-order valence-electron chi connectivity index (χ3n) is 7.13. The number of aromatic nitrogens is 6. The van der Waals surface area contributed by atoms with Crippen LogP contribution in [0.2, 0.25) is 0 Å². The van der Waals surface area contributed by atoms with E-state index < -0.39 is 5.82 Å². The van der Waals surface area contributed by atoms with Crippen molar-refractivity contribution in [2.75, 3.05) is 18.4 Å². The van der Waals surface area contributed by atoms with Gasteiger partial charge in [-0.15, -0.1) is 0 Å². The van der Waals surface area contributed by atoms with Crippen molar-refractivity contribution < 1.29 is 4.39 Å². The molecule has 0 aromatic carbocycles. The number of fused-ring (bicyclic) bond motifs is 3. The van der Waals surface area contributed by atoms with Crippen LogP contribution in [0.15, 0.2) is 36.8 Å². The normalized spacial score (nSPS) is 20.0. The summed E-state index contributed by atoms with van der Waals surface area (Å²) >= 11 is 0. The lowest BCUT2D eigenvalue weighted by molar-refractivity contribution is 0.188. The minimum absolute atomic E-state index is 0.177. The van der Waals surface area contributed by atoms with Gasteiger partial charge in [0.15, 0.2) is 11.5 Å². The van der Waals surface area contributed by atoms with Crippen LogP contribution in [0.3, 0.4) is 0 Å². The molecule has 2 fully saturated rings. The van der Waals surface area contributed by atoms with Crippen LogP contribution in [-0.2, 0) is 12.1 Å². The molecule has 192 valence electrons. The highest BCUT2D eigenvalue weighted by Crippen LogP contribution is 2.29. The second-order valence-corrected chi connectivity index (χ2v) is 11.1. The van der Waals surface area contributed by atoms with Gasteiger partial charge in [-0.3, -0.25) is 4.90 Å². The van der Waals surface area contributed by atoms with E-state index in [-0.39, 0.29) is 17.2 Å². The van der Waals surface area contributed by atoms with Crippen LogP contribution in [0, 0.1) is 12.7 Å². The Hall–Kier alpha value is -3.50. The number of aryl methyl sites for hydroxylation is 1. The summed E-state index contributed by atoms with van der Waals surface area (Å²) in [7, 11) is 0. The Kier molecular flexibility index (Phi) is 5.88. The van der Waals surface area contributed by atoms with Gasteiger partial charge in [-0.1, -0.05) is 6.07 Å². The van der Waals surface area contributed by atoms with Gasteiger partial charge in [0, 0.05) is 55.2 Å². The fraction of sp³-hybridized carbons (Fsp3) is 0.444. The molecule has 2 saturated heterocycles. The molecule has 0 amide bonds. The van der Waals surface area contributed by atoms with Gasteiger partial charge in [0.1, 0.15) is 17.3 Å². The number of likely N-dealkylation sites (tertiary alicyclic amines) is 1. The Labute approximate surface area is 215 Å². The van der Waals surface area contributed by atoms with Crippen LogP contribution in [0.5, 0.6) is 0 Å². The van der Waals surface area contributed by atoms with Crippen molar-refractivity contribution in [3.8, 4) is 11.3 Å². The van der Waals surface area contributed by atoms with E-state index in [4.69, 9.17) is 0 Å². The monoisotopic (exact) mass is 501 g/mol. The summed E-state index contributed by atoms with van der Waals surface area (Å²) in [5.41, 5.74) is 3.17. The Morgan fingerprint density at radius 2 is 1.81 bits per heavy atom. The van der Waals surface area contributed by atoms with Gasteiger partial charge in [0.2, 0.25) is 5.95 Å². The molecule has 2 N–H and O–H groups in total. The Morgan fingerprint density at radius 3 is 2.51 bits per heavy atom. The van der Waals surface area contributed by atoms with E-state index in [2.05, 4.69) is 71.9 Å². The van der Waals surface area contributed by atoms with Gasteiger partial charge >= 0.3 is 0 Å². The van der Waals surface area contributed by atoms with Crippen molar-refractivity contribution in [1.29, 1.82) is 0 Å². The SMILES string of the molecule is Cc1nc2ncc(-c3nc(Nc4ccc(CN5CC6CCC(C5)N6)cn4)ncc3F)cc2n1C(C)(C)C. The largest absolute Gasteiger partial charge is 0.321 e. The molecular weight excluding hydrogens is 469 g/mol. The van der Waals surface area contributed by atoms with Crippen LogP contribution in [-0.4, -0.2) is 59.6 Å². The lowest BCUT2D eigenvalue weighted by atomic mass is 10.1. The van der Waals surface area contributed by atoms with Crippen molar-refractivity contribution in [1.82, 2.24) is 39.7 Å². The molecular formula is C27H32FN9. The standard InChI is InChI=1S/C27H32FN9/c1-16-32-25-22(37(16)27(2,3)4)9-18(11-30-25)24-21(28)12-31-26(35-24)34-23-8-5-17(10-29-23)13-36-14-19-6-7-20(15-36)33-19/h5,8-12,19-20,33H,6-7,13-15H2,1-4H3,(H,29,31,34,35). The van der Waals surface area contributed by atoms with Gasteiger partial charge in [-0.05, 0) is 58.2 Å². The number of imidazole rings is 1. The van der Waals surface area contributed by atoms with Crippen LogP contribution in [0.1, 0.15) is 45.0 Å². The van der Waals surface area contributed by atoms with Crippen LogP contribution < -0.4 is 10.6 Å². The number of nitrogens with zero attached hydrogens (tertiary/aromatic N) is 7. The number of piperazine rings is 1. The van der Waals surface area contributed by atoms with Gasteiger partial charge in [0.25, 0.3) is 0 Å². The highest BCUT2D eigenvalue weighted by atomic mass is 19.1. The van der Waals surface area contributed by atoms with Crippen LogP contribution in [0.4, 0.5) is 16.2 Å². The topological polar surface area (TPSA) is 96.7 Å². The van der Waals surface area contributed by atoms with Crippen molar-refractivity contribution in [3.63, 3.8) is 0 Å². The average molecular weight is 502 g/mol. The third-order valence-corrected chi connectivity index (χ3v) is 7.13. The van der Waals surface area contributed by atoms with E-state index in [0.29, 0.717) is 29.1 Å². The second-order valence-electron chi connectivity index (χ2n) is 11.1. The Bertz CT molecular complexity index is 1430. The van der Waals surface area contributed by atoms with Crippen LogP contribution >= 0.6 is 0 Å². The van der Waals surface area contributed by atoms with E-state index in [1.807, 2.05) is 25.3 Å². The van der Waals surface area contributed by atoms with E-state index >= 15 is 0 Å². The average Bonchev–Trinajstić information content (AvgIpc) is 3.38. The number of rotatable bonds is 5. The molecule has 2 aliphatic rings. The van der Waals surface area contributed by atoms with Crippen molar-refractivity contribution in [2.24, 2.45) is 0 Å². The molecule has 0 spiro atoms. The van der Waals surface area contributed by atoms with Crippen molar-refractivity contribution in [2.45, 2.75) is 64.7 Å². The number of hydrogen-bond acceptors (Lipinski definition) is 8. The summed E-state index contributed by atoms with van der Waals surface area (Å²) in [4.78, 5) is 24.7. The van der Waals surface area contributed by atoms with E-state index in [9.17, 15) is 4.39 Å². The summed E-state index contributed by atoms with van der Waals surface area (Å²) in [6.07, 6.45) is 7.20. The van der Waals surface area contributed by atoms with E-state index in [1.54, 1.807) is 6.20 Å².